The van der Waals surface area contributed by atoms with Crippen LogP contribution in [-0.4, -0.2) is 12.4 Å². The SMILES string of the molecule is COc1ccc2c(c1)CCC(Sc1cccc(C)c1)C2N. The van der Waals surface area contributed by atoms with Gasteiger partial charge in [-0.3, -0.25) is 0 Å². The number of ether oxygens (including phenoxy) is 1. The molecule has 2 atom stereocenters. The maximum atomic E-state index is 6.51. The summed E-state index contributed by atoms with van der Waals surface area (Å²) >= 11 is 1.90. The molecule has 0 radical (unpaired) electrons. The Morgan fingerprint density at radius 2 is 2.05 bits per heavy atom. The fraction of sp³-hybridized carbons (Fsp3) is 0.333. The Balaban J connectivity index is 1.80. The van der Waals surface area contributed by atoms with Crippen LogP contribution in [0.5, 0.6) is 5.75 Å². The van der Waals surface area contributed by atoms with E-state index in [9.17, 15) is 0 Å². The van der Waals surface area contributed by atoms with Crippen molar-refractivity contribution in [2.45, 2.75) is 36.0 Å². The average Bonchev–Trinajstić information content (AvgIpc) is 2.50. The van der Waals surface area contributed by atoms with Gasteiger partial charge >= 0.3 is 0 Å². The second-order valence-electron chi connectivity index (χ2n) is 5.60. The van der Waals surface area contributed by atoms with Crippen molar-refractivity contribution in [3.05, 3.63) is 59.2 Å². The summed E-state index contributed by atoms with van der Waals surface area (Å²) in [5, 5.41) is 0.438. The van der Waals surface area contributed by atoms with E-state index in [-0.39, 0.29) is 6.04 Å². The molecule has 2 N–H and O–H groups in total. The summed E-state index contributed by atoms with van der Waals surface area (Å²) in [7, 11) is 1.71. The Morgan fingerprint density at radius 3 is 2.81 bits per heavy atom. The van der Waals surface area contributed by atoms with Crippen LogP contribution in [0.15, 0.2) is 47.4 Å². The summed E-state index contributed by atoms with van der Waals surface area (Å²) in [6.45, 7) is 2.13. The van der Waals surface area contributed by atoms with E-state index in [0.717, 1.165) is 18.6 Å². The Morgan fingerprint density at radius 1 is 1.19 bits per heavy atom. The average molecular weight is 299 g/mol. The molecule has 0 aromatic heterocycles. The van der Waals surface area contributed by atoms with Crippen molar-refractivity contribution in [3.63, 3.8) is 0 Å². The Labute approximate surface area is 130 Å². The number of benzene rings is 2. The minimum absolute atomic E-state index is 0.0881. The molecule has 1 aliphatic rings. The number of nitrogens with two attached hydrogens (primary N) is 1. The smallest absolute Gasteiger partial charge is 0.119 e. The van der Waals surface area contributed by atoms with E-state index in [2.05, 4.69) is 43.3 Å². The molecule has 0 bridgehead atoms. The maximum absolute atomic E-state index is 6.51. The van der Waals surface area contributed by atoms with Crippen molar-refractivity contribution in [2.75, 3.05) is 7.11 Å². The summed E-state index contributed by atoms with van der Waals surface area (Å²) in [6.07, 6.45) is 2.18. The maximum Gasteiger partial charge on any atom is 0.119 e. The topological polar surface area (TPSA) is 35.2 Å². The normalized spacial score (nSPS) is 20.9. The van der Waals surface area contributed by atoms with Crippen LogP contribution in [0.4, 0.5) is 0 Å². The molecule has 0 amide bonds. The zero-order valence-corrected chi connectivity index (χ0v) is 13.3. The predicted octanol–water partition coefficient (Wildman–Crippen LogP) is 4.11. The number of fused-ring (bicyclic) bond motifs is 1. The van der Waals surface area contributed by atoms with Crippen LogP contribution in [0, 0.1) is 6.92 Å². The number of rotatable bonds is 3. The number of hydrogen-bond acceptors (Lipinski definition) is 3. The van der Waals surface area contributed by atoms with Crippen molar-refractivity contribution in [3.8, 4) is 5.75 Å². The summed E-state index contributed by atoms with van der Waals surface area (Å²) < 4.78 is 5.31. The van der Waals surface area contributed by atoms with Crippen molar-refractivity contribution < 1.29 is 4.74 Å². The van der Waals surface area contributed by atoms with E-state index in [1.165, 1.54) is 21.6 Å². The first-order chi connectivity index (χ1) is 10.2. The fourth-order valence-electron chi connectivity index (χ4n) is 2.92. The van der Waals surface area contributed by atoms with Gasteiger partial charge < -0.3 is 10.5 Å². The Bertz CT molecular complexity index is 641. The van der Waals surface area contributed by atoms with Crippen molar-refractivity contribution in [1.82, 2.24) is 0 Å². The number of methoxy groups -OCH3 is 1. The summed E-state index contributed by atoms with van der Waals surface area (Å²) in [6, 6.07) is 15.0. The molecular weight excluding hydrogens is 278 g/mol. The predicted molar refractivity (Wildman–Crippen MR) is 89.1 cm³/mol. The monoisotopic (exact) mass is 299 g/mol. The fourth-order valence-corrected chi connectivity index (χ4v) is 4.21. The van der Waals surface area contributed by atoms with Gasteiger partial charge in [0.15, 0.2) is 0 Å². The number of aryl methyl sites for hydroxylation is 2. The first-order valence-corrected chi connectivity index (χ1v) is 8.21. The second-order valence-corrected chi connectivity index (χ2v) is 6.91. The zero-order chi connectivity index (χ0) is 14.8. The lowest BCUT2D eigenvalue weighted by Crippen LogP contribution is -2.29. The van der Waals surface area contributed by atoms with Gasteiger partial charge in [0.05, 0.1) is 7.11 Å². The van der Waals surface area contributed by atoms with E-state index >= 15 is 0 Å². The molecule has 3 rings (SSSR count). The lowest BCUT2D eigenvalue weighted by atomic mass is 9.87. The van der Waals surface area contributed by atoms with Gasteiger partial charge in [-0.05, 0) is 55.2 Å². The Kier molecular flexibility index (Phi) is 4.22. The van der Waals surface area contributed by atoms with Crippen LogP contribution in [0.3, 0.4) is 0 Å². The van der Waals surface area contributed by atoms with Gasteiger partial charge in [0.2, 0.25) is 0 Å². The van der Waals surface area contributed by atoms with Crippen molar-refractivity contribution in [2.24, 2.45) is 5.73 Å². The highest BCUT2D eigenvalue weighted by molar-refractivity contribution is 8.00. The minimum atomic E-state index is 0.0881. The lowest BCUT2D eigenvalue weighted by molar-refractivity contribution is 0.413. The third kappa shape index (κ3) is 3.09. The molecule has 2 unspecified atom stereocenters. The minimum Gasteiger partial charge on any atom is -0.497 e. The molecule has 21 heavy (non-hydrogen) atoms. The molecule has 0 saturated carbocycles. The van der Waals surface area contributed by atoms with Gasteiger partial charge in [-0.2, -0.15) is 0 Å². The van der Waals surface area contributed by atoms with E-state index in [0.29, 0.717) is 5.25 Å². The van der Waals surface area contributed by atoms with Gasteiger partial charge in [-0.25, -0.2) is 0 Å². The van der Waals surface area contributed by atoms with Gasteiger partial charge in [-0.15, -0.1) is 11.8 Å². The van der Waals surface area contributed by atoms with Crippen LogP contribution in [-0.2, 0) is 6.42 Å². The van der Waals surface area contributed by atoms with Gasteiger partial charge in [-0.1, -0.05) is 23.8 Å². The van der Waals surface area contributed by atoms with Crippen molar-refractivity contribution >= 4 is 11.8 Å². The van der Waals surface area contributed by atoms with Crippen molar-refractivity contribution in [1.29, 1.82) is 0 Å². The van der Waals surface area contributed by atoms with Crippen LogP contribution in [0.1, 0.15) is 29.2 Å². The molecule has 2 nitrogen and oxygen atoms in total. The second kappa shape index (κ2) is 6.12. The summed E-state index contributed by atoms with van der Waals surface area (Å²) in [5.74, 6) is 0.922. The van der Waals surface area contributed by atoms with Gasteiger partial charge in [0.1, 0.15) is 5.75 Å². The molecule has 0 saturated heterocycles. The zero-order valence-electron chi connectivity index (χ0n) is 12.5. The molecule has 0 fully saturated rings. The highest BCUT2D eigenvalue weighted by atomic mass is 32.2. The molecule has 2 aromatic carbocycles. The molecule has 0 heterocycles. The number of hydrogen-bond donors (Lipinski definition) is 1. The van der Waals surface area contributed by atoms with E-state index in [4.69, 9.17) is 10.5 Å². The molecule has 110 valence electrons. The van der Waals surface area contributed by atoms with E-state index < -0.39 is 0 Å². The van der Waals surface area contributed by atoms with Crippen LogP contribution < -0.4 is 10.5 Å². The third-order valence-corrected chi connectivity index (χ3v) is 5.44. The molecule has 0 spiro atoms. The summed E-state index contributed by atoms with van der Waals surface area (Å²) in [4.78, 5) is 1.31. The number of thioether (sulfide) groups is 1. The Hall–Kier alpha value is -1.45. The van der Waals surface area contributed by atoms with Gasteiger partial charge in [0, 0.05) is 16.2 Å². The first-order valence-electron chi connectivity index (χ1n) is 7.33. The van der Waals surface area contributed by atoms with E-state index in [1.54, 1.807) is 7.11 Å². The molecule has 3 heteroatoms. The highest BCUT2D eigenvalue weighted by Gasteiger charge is 2.27. The van der Waals surface area contributed by atoms with Crippen LogP contribution >= 0.6 is 11.8 Å². The van der Waals surface area contributed by atoms with E-state index in [1.807, 2.05) is 17.8 Å². The molecule has 2 aromatic rings. The largest absolute Gasteiger partial charge is 0.497 e. The molecule has 0 aliphatic heterocycles. The third-order valence-electron chi connectivity index (χ3n) is 4.08. The quantitative estimate of drug-likeness (QED) is 0.926. The molecular formula is C18H21NOS. The lowest BCUT2D eigenvalue weighted by Gasteiger charge is -2.31. The van der Waals surface area contributed by atoms with Crippen LogP contribution in [0.2, 0.25) is 0 Å². The standard InChI is InChI=1S/C18H21NOS/c1-12-4-3-5-15(10-12)21-17-9-6-13-11-14(20-2)7-8-16(13)18(17)19/h3-5,7-8,10-11,17-18H,6,9,19H2,1-2H3. The van der Waals surface area contributed by atoms with Crippen LogP contribution in [0.25, 0.3) is 0 Å². The first kappa shape index (κ1) is 14.5. The summed E-state index contributed by atoms with van der Waals surface area (Å²) in [5.41, 5.74) is 10.4. The highest BCUT2D eigenvalue weighted by Crippen LogP contribution is 2.39. The van der Waals surface area contributed by atoms with Gasteiger partial charge in [0.25, 0.3) is 0 Å². The molecule has 1 aliphatic carbocycles.